The Hall–Kier alpha value is -4.46. The Labute approximate surface area is 292 Å². The topological polar surface area (TPSA) is 189 Å². The fourth-order valence-corrected chi connectivity index (χ4v) is 8.40. The summed E-state index contributed by atoms with van der Waals surface area (Å²) in [6.07, 6.45) is 0. The van der Waals surface area contributed by atoms with Gasteiger partial charge in [0.2, 0.25) is 19.7 Å². The molecule has 0 atom stereocenters. The third-order valence-corrected chi connectivity index (χ3v) is 12.3. The lowest BCUT2D eigenvalue weighted by Gasteiger charge is -2.14. The summed E-state index contributed by atoms with van der Waals surface area (Å²) in [4.78, 5) is -1.23. The maximum absolute atomic E-state index is 13.7. The van der Waals surface area contributed by atoms with Gasteiger partial charge in [0.1, 0.15) is 34.5 Å². The van der Waals surface area contributed by atoms with Gasteiger partial charge >= 0.3 is 0 Å². The van der Waals surface area contributed by atoms with Crippen molar-refractivity contribution in [2.24, 2.45) is 0 Å². The number of hydrogen-bond acceptors (Lipinski definition) is 13. The maximum atomic E-state index is 13.7. The highest BCUT2D eigenvalue weighted by molar-refractivity contribution is 7.94. The van der Waals surface area contributed by atoms with E-state index in [9.17, 15) is 29.8 Å². The van der Waals surface area contributed by atoms with Crippen molar-refractivity contribution in [2.75, 3.05) is 7.11 Å². The van der Waals surface area contributed by atoms with Crippen molar-refractivity contribution in [3.05, 3.63) is 120 Å². The molecule has 0 spiro atoms. The Bertz CT molecular complexity index is 2310. The predicted molar refractivity (Wildman–Crippen MR) is 179 cm³/mol. The summed E-state index contributed by atoms with van der Waals surface area (Å²) >= 11 is 0.465. The zero-order chi connectivity index (χ0) is 36.1. The first kappa shape index (κ1) is 36.8. The van der Waals surface area contributed by atoms with Crippen molar-refractivity contribution in [3.63, 3.8) is 0 Å². The van der Waals surface area contributed by atoms with Crippen LogP contribution in [0.25, 0.3) is 0 Å². The summed E-state index contributed by atoms with van der Waals surface area (Å²) in [7, 11) is -11.7. The van der Waals surface area contributed by atoms with Crippen molar-refractivity contribution < 1.29 is 58.6 Å². The minimum Gasteiger partial charge on any atom is -0.497 e. The number of rotatable bonds is 14. The van der Waals surface area contributed by atoms with E-state index >= 15 is 0 Å². The molecule has 5 rings (SSSR count). The molecule has 13 nitrogen and oxygen atoms in total. The van der Waals surface area contributed by atoms with Crippen LogP contribution in [0.4, 0.5) is 0 Å². The van der Waals surface area contributed by atoms with Crippen LogP contribution in [0.3, 0.4) is 0 Å². The molecule has 0 saturated carbocycles. The minimum atomic E-state index is -4.95. The van der Waals surface area contributed by atoms with E-state index < -0.39 is 39.6 Å². The third-order valence-electron chi connectivity index (χ3n) is 7.15. The van der Waals surface area contributed by atoms with Crippen LogP contribution in [-0.2, 0) is 45.8 Å². The first-order valence-electron chi connectivity index (χ1n) is 14.2. The fourth-order valence-electron chi connectivity index (χ4n) is 4.53. The van der Waals surface area contributed by atoms with Gasteiger partial charge in [-0.05, 0) is 97.9 Å². The van der Waals surface area contributed by atoms with E-state index in [4.69, 9.17) is 19.5 Å². The van der Waals surface area contributed by atoms with Gasteiger partial charge in [-0.3, -0.25) is 4.55 Å². The molecule has 0 amide bonds. The highest BCUT2D eigenvalue weighted by Gasteiger charge is 2.26. The zero-order valence-electron chi connectivity index (χ0n) is 26.1. The van der Waals surface area contributed by atoms with Gasteiger partial charge in [0, 0.05) is 10.5 Å². The number of benzene rings is 5. The molecule has 5 aromatic rings. The standard InChI is InChI=1S/C33H28O13S4/c1-22-3-12-27(13-4-22)48(35,36)28-15-10-25(11-16-28)43-21-23-5-14-29(19-32(23)47-46-45-34)49(37,38)30-17-18-31(33(20-30)50(39,40)41)44-26-8-6-24(42-2)7-9-26/h3-20,34H,21H2,1-2H3,(H,39,40,41). The van der Waals surface area contributed by atoms with Crippen LogP contribution in [0.15, 0.2) is 139 Å². The molecule has 2 N–H and O–H groups in total. The molecule has 0 heterocycles. The molecule has 0 aliphatic carbocycles. The number of ether oxygens (including phenoxy) is 3. The van der Waals surface area contributed by atoms with Crippen LogP contribution >= 0.6 is 12.0 Å². The van der Waals surface area contributed by atoms with Crippen molar-refractivity contribution in [1.29, 1.82) is 0 Å². The van der Waals surface area contributed by atoms with E-state index in [2.05, 4.69) is 9.37 Å². The van der Waals surface area contributed by atoms with E-state index in [1.165, 1.54) is 73.8 Å². The van der Waals surface area contributed by atoms with Gasteiger partial charge in [0.25, 0.3) is 10.1 Å². The second kappa shape index (κ2) is 15.2. The molecule has 0 bridgehead atoms. The lowest BCUT2D eigenvalue weighted by molar-refractivity contribution is -0.432. The molecule has 0 aliphatic rings. The molecule has 0 saturated heterocycles. The fraction of sp³-hybridized carbons (Fsp3) is 0.0909. The normalized spacial score (nSPS) is 12.0. The molecule has 50 heavy (non-hydrogen) atoms. The highest BCUT2D eigenvalue weighted by atomic mass is 32.2. The second-order valence-electron chi connectivity index (χ2n) is 10.4. The second-order valence-corrected chi connectivity index (χ2v) is 16.5. The Morgan fingerprint density at radius 2 is 1.16 bits per heavy atom. The Balaban J connectivity index is 1.38. The van der Waals surface area contributed by atoms with Gasteiger partial charge in [-0.1, -0.05) is 28.8 Å². The maximum Gasteiger partial charge on any atom is 0.298 e. The molecule has 0 radical (unpaired) electrons. The smallest absolute Gasteiger partial charge is 0.298 e. The SMILES string of the molecule is COc1ccc(Oc2ccc(S(=O)(=O)c3ccc(COc4ccc(S(=O)(=O)c5ccc(C)cc5)cc4)c(SOOO)c3)cc2S(=O)(=O)O)cc1. The molecule has 0 aromatic heterocycles. The van der Waals surface area contributed by atoms with E-state index in [0.717, 1.165) is 23.8 Å². The third kappa shape index (κ3) is 8.45. The van der Waals surface area contributed by atoms with Gasteiger partial charge < -0.3 is 14.2 Å². The van der Waals surface area contributed by atoms with E-state index in [0.29, 0.717) is 29.1 Å². The molecule has 262 valence electrons. The highest BCUT2D eigenvalue weighted by Crippen LogP contribution is 2.35. The summed E-state index contributed by atoms with van der Waals surface area (Å²) in [6, 6.07) is 25.1. The summed E-state index contributed by atoms with van der Waals surface area (Å²) < 4.78 is 109. The van der Waals surface area contributed by atoms with Crippen molar-refractivity contribution in [1.82, 2.24) is 0 Å². The Kier molecular flexibility index (Phi) is 11.2. The molecule has 17 heteroatoms. The molecule has 5 aromatic carbocycles. The van der Waals surface area contributed by atoms with Crippen LogP contribution in [0.2, 0.25) is 0 Å². The largest absolute Gasteiger partial charge is 0.497 e. The van der Waals surface area contributed by atoms with Crippen LogP contribution in [0, 0.1) is 6.92 Å². The van der Waals surface area contributed by atoms with Crippen LogP contribution < -0.4 is 14.2 Å². The predicted octanol–water partition coefficient (Wildman–Crippen LogP) is 6.72. The lowest BCUT2D eigenvalue weighted by Crippen LogP contribution is -2.07. The summed E-state index contributed by atoms with van der Waals surface area (Å²) in [5.74, 6) is 0.685. The first-order valence-corrected chi connectivity index (χ1v) is 19.4. The Morgan fingerprint density at radius 3 is 1.76 bits per heavy atom. The van der Waals surface area contributed by atoms with E-state index in [-0.39, 0.29) is 37.7 Å². The quantitative estimate of drug-likeness (QED) is 0.0525. The number of sulfone groups is 2. The van der Waals surface area contributed by atoms with Crippen LogP contribution in [0.1, 0.15) is 11.1 Å². The average molecular weight is 761 g/mol. The van der Waals surface area contributed by atoms with E-state index in [1.54, 1.807) is 24.3 Å². The van der Waals surface area contributed by atoms with Crippen LogP contribution in [-0.4, -0.2) is 42.2 Å². The van der Waals surface area contributed by atoms with Crippen molar-refractivity contribution in [2.45, 2.75) is 42.9 Å². The number of hydrogen-bond donors (Lipinski definition) is 2. The zero-order valence-corrected chi connectivity index (χ0v) is 29.4. The van der Waals surface area contributed by atoms with Crippen molar-refractivity contribution in [3.8, 4) is 23.0 Å². The minimum absolute atomic E-state index is 0.0606. The Morgan fingerprint density at radius 1 is 0.640 bits per heavy atom. The number of methoxy groups -OCH3 is 1. The van der Waals surface area contributed by atoms with Gasteiger partial charge in [-0.25, -0.2) is 22.1 Å². The van der Waals surface area contributed by atoms with E-state index in [1.807, 2.05) is 6.92 Å². The summed E-state index contributed by atoms with van der Waals surface area (Å²) in [5.41, 5.74) is 1.30. The monoisotopic (exact) mass is 760 g/mol. The van der Waals surface area contributed by atoms with Gasteiger partial charge in [0.15, 0.2) is 0 Å². The molecular weight excluding hydrogens is 733 g/mol. The van der Waals surface area contributed by atoms with Gasteiger partial charge in [-0.2, -0.15) is 8.42 Å². The summed E-state index contributed by atoms with van der Waals surface area (Å²) in [5, 5.41) is 12.4. The molecule has 0 unspecified atom stereocenters. The first-order chi connectivity index (χ1) is 23.7. The molecule has 0 fully saturated rings. The van der Waals surface area contributed by atoms with Crippen LogP contribution in [0.5, 0.6) is 23.0 Å². The van der Waals surface area contributed by atoms with Crippen molar-refractivity contribution >= 4 is 41.8 Å². The lowest BCUT2D eigenvalue weighted by atomic mass is 10.2. The molecular formula is C33H28O13S4. The molecule has 0 aliphatic heterocycles. The summed E-state index contributed by atoms with van der Waals surface area (Å²) in [6.45, 7) is 1.70. The van der Waals surface area contributed by atoms with Gasteiger partial charge in [0.05, 0.1) is 38.7 Å². The average Bonchev–Trinajstić information content (AvgIpc) is 3.10. The van der Waals surface area contributed by atoms with Gasteiger partial charge in [-0.15, -0.1) is 4.33 Å². The number of aryl methyl sites for hydroxylation is 1.